The van der Waals surface area contributed by atoms with E-state index in [1.165, 1.54) is 0 Å². The van der Waals surface area contributed by atoms with E-state index in [4.69, 9.17) is 16.6 Å². The fraction of sp³-hybridized carbons (Fsp3) is 0. The van der Waals surface area contributed by atoms with Crippen LogP contribution in [0.3, 0.4) is 0 Å². The van der Waals surface area contributed by atoms with Crippen LogP contribution in [0, 0.1) is 29.1 Å². The largest absolute Gasteiger partial charge is 0.384 e. The standard InChI is InChI=1S/C6F5N9P/c7-1-2(8)4(10)6(5(11)3(1)9)21(18-15-12,19-16-13)20-17-14/q+1. The first kappa shape index (κ1) is 16.3. The predicted octanol–water partition coefficient (Wildman–Crippen LogP) is 4.70. The van der Waals surface area contributed by atoms with E-state index in [-0.39, 0.29) is 0 Å². The molecule has 1 aromatic carbocycles. The summed E-state index contributed by atoms with van der Waals surface area (Å²) in [6, 6.07) is 0. The van der Waals surface area contributed by atoms with E-state index in [1.807, 2.05) is 0 Å². The number of halogens is 5. The first-order valence-electron chi connectivity index (χ1n) is 4.47. The molecule has 0 spiro atoms. The van der Waals surface area contributed by atoms with Crippen LogP contribution in [0.15, 0.2) is 14.7 Å². The summed E-state index contributed by atoms with van der Waals surface area (Å²) in [5, 5.41) is -1.78. The molecular weight excluding hydrogens is 324 g/mol. The molecule has 0 unspecified atom stereocenters. The first-order chi connectivity index (χ1) is 9.86. The molecule has 0 N–H and O–H groups in total. The molecule has 0 radical (unpaired) electrons. The van der Waals surface area contributed by atoms with Crippen LogP contribution in [0.1, 0.15) is 0 Å². The highest BCUT2D eigenvalue weighted by molar-refractivity contribution is 7.79. The zero-order chi connectivity index (χ0) is 16.2. The third-order valence-electron chi connectivity index (χ3n) is 1.98. The predicted molar refractivity (Wildman–Crippen MR) is 60.2 cm³/mol. The van der Waals surface area contributed by atoms with E-state index >= 15 is 0 Å². The number of benzene rings is 1. The second-order valence-corrected chi connectivity index (χ2v) is 5.14. The van der Waals surface area contributed by atoms with E-state index in [1.54, 1.807) is 0 Å². The van der Waals surface area contributed by atoms with Crippen molar-refractivity contribution < 1.29 is 22.0 Å². The number of azide groups is 1. The molecule has 0 aliphatic rings. The molecule has 0 atom stereocenters. The van der Waals surface area contributed by atoms with Crippen molar-refractivity contribution in [2.45, 2.75) is 0 Å². The molecule has 0 aliphatic heterocycles. The summed E-state index contributed by atoms with van der Waals surface area (Å²) in [4.78, 5) is 14.1. The van der Waals surface area contributed by atoms with Crippen LogP contribution in [0.2, 0.25) is 0 Å². The van der Waals surface area contributed by atoms with Gasteiger partial charge in [-0.25, -0.2) is 13.2 Å². The minimum Gasteiger partial charge on any atom is -0.200 e. The monoisotopic (exact) mass is 324 g/mol. The molecule has 0 saturated heterocycles. The maximum atomic E-state index is 13.6. The van der Waals surface area contributed by atoms with E-state index < -0.39 is 42.1 Å². The third kappa shape index (κ3) is 2.60. The molecule has 0 heterocycles. The van der Waals surface area contributed by atoms with Crippen LogP contribution in [0.5, 0.6) is 0 Å². The number of hydrogen-bond donors (Lipinski definition) is 0. The van der Waals surface area contributed by atoms with E-state index in [0.29, 0.717) is 0 Å². The Morgan fingerprint density at radius 3 is 1.19 bits per heavy atom. The van der Waals surface area contributed by atoms with Crippen molar-refractivity contribution in [2.75, 3.05) is 0 Å². The Morgan fingerprint density at radius 2 is 0.905 bits per heavy atom. The smallest absolute Gasteiger partial charge is 0.200 e. The van der Waals surface area contributed by atoms with Crippen LogP contribution < -0.4 is 5.30 Å². The number of rotatable bonds is 4. The highest BCUT2D eigenvalue weighted by atomic mass is 31.2. The van der Waals surface area contributed by atoms with Gasteiger partial charge in [0.2, 0.25) is 34.4 Å². The van der Waals surface area contributed by atoms with Gasteiger partial charge in [-0.2, -0.15) is 8.78 Å². The van der Waals surface area contributed by atoms with Gasteiger partial charge in [-0.1, -0.05) is 0 Å². The van der Waals surface area contributed by atoms with Gasteiger partial charge in [0, 0.05) is 14.7 Å². The third-order valence-corrected chi connectivity index (χ3v) is 3.96. The Morgan fingerprint density at radius 1 is 0.619 bits per heavy atom. The van der Waals surface area contributed by atoms with Gasteiger partial charge in [0.25, 0.3) is 0 Å². The topological polar surface area (TPSA) is 146 Å². The van der Waals surface area contributed by atoms with Crippen molar-refractivity contribution in [3.63, 3.8) is 0 Å². The van der Waals surface area contributed by atoms with Gasteiger partial charge in [0.05, 0.1) is 14.7 Å². The first-order valence-corrected chi connectivity index (χ1v) is 6.12. The zero-order valence-corrected chi connectivity index (χ0v) is 10.3. The average Bonchev–Trinajstić information content (AvgIpc) is 2.44. The summed E-state index contributed by atoms with van der Waals surface area (Å²) in [5.41, 5.74) is 24.9. The summed E-state index contributed by atoms with van der Waals surface area (Å²) >= 11 is 0. The van der Waals surface area contributed by atoms with Gasteiger partial charge < -0.3 is 0 Å². The Bertz CT molecular complexity index is 671. The Labute approximate surface area is 111 Å². The highest BCUT2D eigenvalue weighted by Crippen LogP contribution is 2.64. The van der Waals surface area contributed by atoms with Crippen molar-refractivity contribution in [3.8, 4) is 0 Å². The zero-order valence-electron chi connectivity index (χ0n) is 9.36. The maximum Gasteiger partial charge on any atom is 0.384 e. The number of hydrogen-bond acceptors (Lipinski definition) is 3. The van der Waals surface area contributed by atoms with E-state index in [2.05, 4.69) is 29.4 Å². The lowest BCUT2D eigenvalue weighted by molar-refractivity contribution is 0.384. The molecule has 9 nitrogen and oxygen atoms in total. The van der Waals surface area contributed by atoms with Crippen molar-refractivity contribution in [1.29, 1.82) is 0 Å². The van der Waals surface area contributed by atoms with Crippen LogP contribution in [0.25, 0.3) is 31.3 Å². The molecule has 1 aromatic rings. The molecule has 0 aliphatic carbocycles. The van der Waals surface area contributed by atoms with Crippen molar-refractivity contribution in [2.24, 2.45) is 14.7 Å². The van der Waals surface area contributed by atoms with Crippen LogP contribution in [0.4, 0.5) is 22.0 Å². The SMILES string of the molecule is [N-]=[N+]=N[P+](N=[N+]=[N-])(N=[N+]=[N-])c1c(F)c(F)c(F)c(F)c1F. The van der Waals surface area contributed by atoms with Gasteiger partial charge in [0.15, 0.2) is 0 Å². The molecule has 15 heteroatoms. The summed E-state index contributed by atoms with van der Waals surface area (Å²) in [6.07, 6.45) is 0. The summed E-state index contributed by atoms with van der Waals surface area (Å²) < 4.78 is 66.4. The van der Waals surface area contributed by atoms with Gasteiger partial charge in [-0.15, -0.1) is 0 Å². The van der Waals surface area contributed by atoms with E-state index in [0.717, 1.165) is 0 Å². The van der Waals surface area contributed by atoms with Gasteiger partial charge in [-0.05, 0) is 16.6 Å². The molecular formula is C6F5N9P+. The van der Waals surface area contributed by atoms with Crippen molar-refractivity contribution >= 4 is 13.0 Å². The molecule has 108 valence electrons. The molecule has 21 heavy (non-hydrogen) atoms. The maximum absolute atomic E-state index is 13.6. The normalized spacial score (nSPS) is 12.4. The second-order valence-electron chi connectivity index (χ2n) is 3.02. The Hall–Kier alpha value is -2.77. The molecule has 0 aromatic heterocycles. The summed E-state index contributed by atoms with van der Waals surface area (Å²) in [6.45, 7) is 0. The van der Waals surface area contributed by atoms with Gasteiger partial charge >= 0.3 is 7.71 Å². The van der Waals surface area contributed by atoms with Crippen molar-refractivity contribution in [1.82, 2.24) is 0 Å². The van der Waals surface area contributed by atoms with Crippen LogP contribution >= 0.6 is 7.71 Å². The quantitative estimate of drug-likeness (QED) is 0.144. The minimum atomic E-state index is -4.77. The van der Waals surface area contributed by atoms with Gasteiger partial charge in [-0.3, -0.25) is 0 Å². The fourth-order valence-corrected chi connectivity index (χ4v) is 2.65. The molecule has 0 bridgehead atoms. The summed E-state index contributed by atoms with van der Waals surface area (Å²) in [5.74, 6) is -12.1. The van der Waals surface area contributed by atoms with Crippen molar-refractivity contribution in [3.05, 3.63) is 60.4 Å². The van der Waals surface area contributed by atoms with E-state index in [9.17, 15) is 22.0 Å². The second kappa shape index (κ2) is 6.12. The highest BCUT2D eigenvalue weighted by Gasteiger charge is 2.51. The number of nitrogens with zero attached hydrogens (tertiary/aromatic N) is 9. The van der Waals surface area contributed by atoms with Gasteiger partial charge in [0.1, 0.15) is 0 Å². The fourth-order valence-electron chi connectivity index (χ4n) is 1.21. The lowest BCUT2D eigenvalue weighted by Gasteiger charge is -2.09. The summed E-state index contributed by atoms with van der Waals surface area (Å²) in [7, 11) is -4.77. The molecule has 0 saturated carbocycles. The molecule has 0 amide bonds. The molecule has 1 rings (SSSR count). The lowest BCUT2D eigenvalue weighted by Crippen LogP contribution is -2.21. The van der Waals surface area contributed by atoms with Crippen LogP contribution in [-0.4, -0.2) is 0 Å². The Kier molecular flexibility index (Phi) is 4.75. The minimum absolute atomic E-state index is 1.78. The average molecular weight is 324 g/mol. The Balaban J connectivity index is 4.05. The lowest BCUT2D eigenvalue weighted by atomic mass is 10.3. The van der Waals surface area contributed by atoms with Crippen LogP contribution in [-0.2, 0) is 0 Å². The molecule has 0 fully saturated rings.